The fourth-order valence-corrected chi connectivity index (χ4v) is 2.96. The molecule has 3 atom stereocenters. The number of hydrogen-bond acceptors (Lipinski definition) is 3. The molecular weight excluding hydrogens is 262 g/mol. The molecule has 0 spiro atoms. The summed E-state index contributed by atoms with van der Waals surface area (Å²) >= 11 is 0. The van der Waals surface area contributed by atoms with Gasteiger partial charge >= 0.3 is 12.0 Å². The topological polar surface area (TPSA) is 98.7 Å². The van der Waals surface area contributed by atoms with Crippen LogP contribution in [-0.4, -0.2) is 53.1 Å². The van der Waals surface area contributed by atoms with Gasteiger partial charge in [0.25, 0.3) is 0 Å². The second kappa shape index (κ2) is 6.11. The lowest BCUT2D eigenvalue weighted by atomic mass is 10.1. The molecule has 0 aromatic heterocycles. The molecule has 1 heterocycles. The van der Waals surface area contributed by atoms with Crippen LogP contribution in [0.15, 0.2) is 0 Å². The first-order chi connectivity index (χ1) is 9.52. The zero-order chi connectivity index (χ0) is 14.7. The molecule has 3 N–H and O–H groups in total. The van der Waals surface area contributed by atoms with Gasteiger partial charge in [0.15, 0.2) is 0 Å². The molecule has 1 aliphatic carbocycles. The van der Waals surface area contributed by atoms with E-state index in [1.807, 2.05) is 6.92 Å². The predicted molar refractivity (Wildman–Crippen MR) is 71.1 cm³/mol. The van der Waals surface area contributed by atoms with Crippen molar-refractivity contribution in [3.63, 3.8) is 0 Å². The van der Waals surface area contributed by atoms with E-state index in [4.69, 9.17) is 5.11 Å². The Morgan fingerprint density at radius 2 is 2.20 bits per heavy atom. The van der Waals surface area contributed by atoms with Crippen LogP contribution in [0.2, 0.25) is 0 Å². The molecule has 1 saturated carbocycles. The van der Waals surface area contributed by atoms with Gasteiger partial charge in [-0.05, 0) is 25.7 Å². The minimum absolute atomic E-state index is 0.105. The van der Waals surface area contributed by atoms with E-state index in [1.165, 1.54) is 0 Å². The summed E-state index contributed by atoms with van der Waals surface area (Å²) in [5.41, 5.74) is 0. The highest BCUT2D eigenvalue weighted by atomic mass is 16.4. The van der Waals surface area contributed by atoms with Crippen molar-refractivity contribution >= 4 is 17.9 Å². The first kappa shape index (κ1) is 14.6. The summed E-state index contributed by atoms with van der Waals surface area (Å²) in [4.78, 5) is 36.4. The van der Waals surface area contributed by atoms with Gasteiger partial charge in [-0.1, -0.05) is 6.92 Å². The lowest BCUT2D eigenvalue weighted by Gasteiger charge is -2.35. The molecule has 2 fully saturated rings. The van der Waals surface area contributed by atoms with Crippen LogP contribution < -0.4 is 10.6 Å². The van der Waals surface area contributed by atoms with E-state index in [2.05, 4.69) is 10.6 Å². The van der Waals surface area contributed by atoms with Gasteiger partial charge in [0, 0.05) is 19.1 Å². The first-order valence-electron chi connectivity index (χ1n) is 7.10. The third kappa shape index (κ3) is 3.02. The molecule has 20 heavy (non-hydrogen) atoms. The number of carbonyl (C=O) groups excluding carboxylic acids is 2. The number of urea groups is 1. The summed E-state index contributed by atoms with van der Waals surface area (Å²) in [5.74, 6) is -1.29. The van der Waals surface area contributed by atoms with Crippen molar-refractivity contribution in [2.75, 3.05) is 13.1 Å². The predicted octanol–water partition coefficient (Wildman–Crippen LogP) is 0.160. The Morgan fingerprint density at radius 3 is 2.80 bits per heavy atom. The van der Waals surface area contributed by atoms with E-state index in [9.17, 15) is 14.4 Å². The van der Waals surface area contributed by atoms with Crippen molar-refractivity contribution in [2.45, 2.75) is 44.7 Å². The molecule has 3 amide bonds. The third-order valence-electron chi connectivity index (χ3n) is 4.09. The normalized spacial score (nSPS) is 29.9. The Morgan fingerprint density at radius 1 is 1.45 bits per heavy atom. The van der Waals surface area contributed by atoms with Crippen LogP contribution >= 0.6 is 0 Å². The number of carboxylic acid groups (broad SMARTS) is 1. The van der Waals surface area contributed by atoms with E-state index in [1.54, 1.807) is 4.90 Å². The van der Waals surface area contributed by atoms with Crippen LogP contribution in [0.5, 0.6) is 0 Å². The number of nitrogens with zero attached hydrogens (tertiary/aromatic N) is 1. The number of carbonyl (C=O) groups is 3. The SMILES string of the molecule is CCC1C(=O)NCCN1C(=O)NC1CCC(C(=O)O)C1. The molecule has 7 heteroatoms. The summed E-state index contributed by atoms with van der Waals surface area (Å²) in [7, 11) is 0. The average molecular weight is 283 g/mol. The summed E-state index contributed by atoms with van der Waals surface area (Å²) in [6, 6.07) is -0.797. The number of aliphatic carboxylic acids is 1. The van der Waals surface area contributed by atoms with Crippen molar-refractivity contribution in [1.82, 2.24) is 15.5 Å². The Kier molecular flexibility index (Phi) is 4.46. The second-order valence-electron chi connectivity index (χ2n) is 5.40. The molecule has 0 aromatic carbocycles. The molecule has 7 nitrogen and oxygen atoms in total. The Hall–Kier alpha value is -1.79. The molecule has 1 saturated heterocycles. The van der Waals surface area contributed by atoms with Crippen LogP contribution in [0.1, 0.15) is 32.6 Å². The average Bonchev–Trinajstić information content (AvgIpc) is 2.87. The Labute approximate surface area is 117 Å². The summed E-state index contributed by atoms with van der Waals surface area (Å²) in [5, 5.41) is 14.6. The van der Waals surface area contributed by atoms with E-state index >= 15 is 0 Å². The fraction of sp³-hybridized carbons (Fsp3) is 0.769. The fourth-order valence-electron chi connectivity index (χ4n) is 2.96. The first-order valence-corrected chi connectivity index (χ1v) is 7.10. The quantitative estimate of drug-likeness (QED) is 0.687. The van der Waals surface area contributed by atoms with Crippen LogP contribution in [0.3, 0.4) is 0 Å². The minimum Gasteiger partial charge on any atom is -0.481 e. The van der Waals surface area contributed by atoms with Crippen molar-refractivity contribution in [3.8, 4) is 0 Å². The van der Waals surface area contributed by atoms with Crippen LogP contribution in [-0.2, 0) is 9.59 Å². The van der Waals surface area contributed by atoms with Gasteiger partial charge in [0.1, 0.15) is 6.04 Å². The van der Waals surface area contributed by atoms with E-state index in [0.717, 1.165) is 0 Å². The minimum atomic E-state index is -0.800. The zero-order valence-corrected chi connectivity index (χ0v) is 11.6. The van der Waals surface area contributed by atoms with Gasteiger partial charge in [-0.3, -0.25) is 9.59 Å². The van der Waals surface area contributed by atoms with E-state index in [-0.39, 0.29) is 23.9 Å². The summed E-state index contributed by atoms with van der Waals surface area (Å²) < 4.78 is 0. The standard InChI is InChI=1S/C13H21N3O4/c1-2-10-11(17)14-5-6-16(10)13(20)15-9-4-3-8(7-9)12(18)19/h8-10H,2-7H2,1H3,(H,14,17)(H,15,20)(H,18,19). The number of rotatable bonds is 3. The molecule has 2 rings (SSSR count). The Bertz CT molecular complexity index is 412. The maximum absolute atomic E-state index is 12.2. The largest absolute Gasteiger partial charge is 0.481 e. The van der Waals surface area contributed by atoms with Gasteiger partial charge < -0.3 is 20.6 Å². The zero-order valence-electron chi connectivity index (χ0n) is 11.6. The van der Waals surface area contributed by atoms with Gasteiger partial charge in [0.05, 0.1) is 5.92 Å². The molecule has 1 aliphatic heterocycles. The lowest BCUT2D eigenvalue weighted by molar-refractivity contribution is -0.141. The van der Waals surface area contributed by atoms with Crippen molar-refractivity contribution < 1.29 is 19.5 Å². The van der Waals surface area contributed by atoms with E-state index < -0.39 is 12.0 Å². The van der Waals surface area contributed by atoms with Crippen LogP contribution in [0, 0.1) is 5.92 Å². The number of piperazine rings is 1. The second-order valence-corrected chi connectivity index (χ2v) is 5.40. The van der Waals surface area contributed by atoms with Crippen molar-refractivity contribution in [2.24, 2.45) is 5.92 Å². The van der Waals surface area contributed by atoms with Gasteiger partial charge in [0.2, 0.25) is 5.91 Å². The third-order valence-corrected chi connectivity index (χ3v) is 4.09. The van der Waals surface area contributed by atoms with Crippen LogP contribution in [0.25, 0.3) is 0 Å². The van der Waals surface area contributed by atoms with E-state index in [0.29, 0.717) is 38.8 Å². The van der Waals surface area contributed by atoms with Gasteiger partial charge in [-0.25, -0.2) is 4.79 Å². The summed E-state index contributed by atoms with van der Waals surface area (Å²) in [6.07, 6.45) is 2.32. The number of carboxylic acids is 1. The molecule has 2 aliphatic rings. The molecular formula is C13H21N3O4. The summed E-state index contributed by atoms with van der Waals surface area (Å²) in [6.45, 7) is 2.82. The monoisotopic (exact) mass is 283 g/mol. The highest BCUT2D eigenvalue weighted by Crippen LogP contribution is 2.26. The lowest BCUT2D eigenvalue weighted by Crippen LogP contribution is -2.60. The highest BCUT2D eigenvalue weighted by Gasteiger charge is 2.35. The number of hydrogen-bond donors (Lipinski definition) is 3. The maximum Gasteiger partial charge on any atom is 0.318 e. The van der Waals surface area contributed by atoms with Crippen molar-refractivity contribution in [1.29, 1.82) is 0 Å². The number of amides is 3. The molecule has 0 radical (unpaired) electrons. The molecule has 0 aromatic rings. The van der Waals surface area contributed by atoms with Gasteiger partial charge in [-0.15, -0.1) is 0 Å². The molecule has 0 bridgehead atoms. The maximum atomic E-state index is 12.2. The smallest absolute Gasteiger partial charge is 0.318 e. The Balaban J connectivity index is 1.91. The van der Waals surface area contributed by atoms with Crippen molar-refractivity contribution in [3.05, 3.63) is 0 Å². The number of nitrogens with one attached hydrogen (secondary N) is 2. The van der Waals surface area contributed by atoms with Gasteiger partial charge in [-0.2, -0.15) is 0 Å². The van der Waals surface area contributed by atoms with Crippen LogP contribution in [0.4, 0.5) is 4.79 Å². The molecule has 112 valence electrons. The highest BCUT2D eigenvalue weighted by molar-refractivity contribution is 5.88. The molecule has 3 unspecified atom stereocenters.